The lowest BCUT2D eigenvalue weighted by molar-refractivity contribution is 0.462. The Morgan fingerprint density at radius 3 is 2.08 bits per heavy atom. The monoisotopic (exact) mass is 332 g/mol. The lowest BCUT2D eigenvalue weighted by Crippen LogP contribution is -1.95. The molecular formula is C20H13ClN2O. The molecule has 4 heteroatoms. The zero-order chi connectivity index (χ0) is 16.4. The van der Waals surface area contributed by atoms with E-state index in [1.165, 1.54) is 0 Å². The number of hydrogen-bond acceptors (Lipinski definition) is 3. The van der Waals surface area contributed by atoms with Crippen molar-refractivity contribution in [3.05, 3.63) is 83.9 Å². The Kier molecular flexibility index (Phi) is 3.85. The van der Waals surface area contributed by atoms with Gasteiger partial charge in [-0.1, -0.05) is 60.1 Å². The molecule has 3 aromatic carbocycles. The molecule has 1 aromatic heterocycles. The normalized spacial score (nSPS) is 10.7. The van der Waals surface area contributed by atoms with Crippen molar-refractivity contribution >= 4 is 22.4 Å². The minimum absolute atomic E-state index is 0.495. The van der Waals surface area contributed by atoms with Gasteiger partial charge >= 0.3 is 0 Å². The first-order valence-electron chi connectivity index (χ1n) is 7.55. The highest BCUT2D eigenvalue weighted by Gasteiger charge is 2.12. The maximum atomic E-state index is 5.98. The summed E-state index contributed by atoms with van der Waals surface area (Å²) in [5.41, 5.74) is 1.78. The quantitative estimate of drug-likeness (QED) is 0.479. The molecule has 3 nitrogen and oxygen atoms in total. The van der Waals surface area contributed by atoms with Crippen molar-refractivity contribution in [1.29, 1.82) is 0 Å². The second kappa shape index (κ2) is 6.30. The van der Waals surface area contributed by atoms with Gasteiger partial charge in [0.1, 0.15) is 11.4 Å². The number of ether oxygens (including phenoxy) is 1. The van der Waals surface area contributed by atoms with Crippen LogP contribution in [0.5, 0.6) is 11.6 Å². The Labute approximate surface area is 144 Å². The van der Waals surface area contributed by atoms with Gasteiger partial charge in [-0.25, -0.2) is 0 Å². The Hall–Kier alpha value is -2.91. The minimum atomic E-state index is 0.495. The van der Waals surface area contributed by atoms with E-state index in [1.807, 2.05) is 78.9 Å². The number of fused-ring (bicyclic) bond motifs is 1. The lowest BCUT2D eigenvalue weighted by atomic mass is 10.1. The zero-order valence-corrected chi connectivity index (χ0v) is 13.4. The average Bonchev–Trinajstić information content (AvgIpc) is 2.64. The van der Waals surface area contributed by atoms with Gasteiger partial charge in [0.05, 0.1) is 0 Å². The predicted molar refractivity (Wildman–Crippen MR) is 96.5 cm³/mol. The molecule has 24 heavy (non-hydrogen) atoms. The van der Waals surface area contributed by atoms with Crippen molar-refractivity contribution in [3.8, 4) is 22.9 Å². The molecule has 4 aromatic rings. The predicted octanol–water partition coefficient (Wildman–Crippen LogP) is 5.74. The first kappa shape index (κ1) is 14.7. The van der Waals surface area contributed by atoms with Crippen LogP contribution in [0.1, 0.15) is 0 Å². The Bertz CT molecular complexity index is 985. The summed E-state index contributed by atoms with van der Waals surface area (Å²) in [6.45, 7) is 0. The smallest absolute Gasteiger partial charge is 0.246 e. The van der Waals surface area contributed by atoms with Crippen LogP contribution in [-0.4, -0.2) is 10.2 Å². The maximum Gasteiger partial charge on any atom is 0.246 e. The highest BCUT2D eigenvalue weighted by atomic mass is 35.5. The van der Waals surface area contributed by atoms with Crippen molar-refractivity contribution in [1.82, 2.24) is 10.2 Å². The fraction of sp³-hybridized carbons (Fsp3) is 0. The largest absolute Gasteiger partial charge is 0.437 e. The molecule has 0 amide bonds. The maximum absolute atomic E-state index is 5.98. The molecule has 0 spiro atoms. The van der Waals surface area contributed by atoms with Crippen LogP contribution in [0.25, 0.3) is 22.0 Å². The minimum Gasteiger partial charge on any atom is -0.437 e. The SMILES string of the molecule is Clc1ccc(-c2nnc(Oc3ccccc3)c3ccccc23)cc1. The van der Waals surface area contributed by atoms with E-state index in [-0.39, 0.29) is 0 Å². The van der Waals surface area contributed by atoms with E-state index in [4.69, 9.17) is 16.3 Å². The summed E-state index contributed by atoms with van der Waals surface area (Å²) in [6, 6.07) is 25.1. The van der Waals surface area contributed by atoms with Crippen LogP contribution in [0.2, 0.25) is 5.02 Å². The topological polar surface area (TPSA) is 35.0 Å². The van der Waals surface area contributed by atoms with Crippen LogP contribution < -0.4 is 4.74 Å². The summed E-state index contributed by atoms with van der Waals surface area (Å²) >= 11 is 5.98. The third-order valence-electron chi connectivity index (χ3n) is 3.73. The first-order chi connectivity index (χ1) is 11.8. The first-order valence-corrected chi connectivity index (χ1v) is 7.93. The van der Waals surface area contributed by atoms with Crippen LogP contribution >= 0.6 is 11.6 Å². The van der Waals surface area contributed by atoms with E-state index in [2.05, 4.69) is 10.2 Å². The van der Waals surface area contributed by atoms with E-state index in [0.717, 1.165) is 27.8 Å². The number of hydrogen-bond donors (Lipinski definition) is 0. The van der Waals surface area contributed by atoms with Gasteiger partial charge in [0.25, 0.3) is 0 Å². The Morgan fingerprint density at radius 1 is 0.667 bits per heavy atom. The molecule has 116 valence electrons. The van der Waals surface area contributed by atoms with E-state index >= 15 is 0 Å². The van der Waals surface area contributed by atoms with Crippen molar-refractivity contribution in [2.45, 2.75) is 0 Å². The number of nitrogens with zero attached hydrogens (tertiary/aromatic N) is 2. The zero-order valence-electron chi connectivity index (χ0n) is 12.7. The Balaban J connectivity index is 1.84. The second-order valence-electron chi connectivity index (χ2n) is 5.32. The molecule has 0 saturated heterocycles. The van der Waals surface area contributed by atoms with Gasteiger partial charge in [0.15, 0.2) is 0 Å². The van der Waals surface area contributed by atoms with Crippen molar-refractivity contribution < 1.29 is 4.74 Å². The number of rotatable bonds is 3. The summed E-state index contributed by atoms with van der Waals surface area (Å²) in [5.74, 6) is 1.23. The molecule has 0 atom stereocenters. The van der Waals surface area contributed by atoms with Crippen LogP contribution in [0.15, 0.2) is 78.9 Å². The number of benzene rings is 3. The molecule has 0 fully saturated rings. The number of aromatic nitrogens is 2. The Morgan fingerprint density at radius 2 is 1.33 bits per heavy atom. The molecule has 1 heterocycles. The molecule has 0 unspecified atom stereocenters. The van der Waals surface area contributed by atoms with Gasteiger partial charge in [-0.15, -0.1) is 10.2 Å². The molecule has 0 aliphatic heterocycles. The molecular weight excluding hydrogens is 320 g/mol. The van der Waals surface area contributed by atoms with Gasteiger partial charge in [-0.05, 0) is 30.3 Å². The molecule has 0 saturated carbocycles. The second-order valence-corrected chi connectivity index (χ2v) is 5.76. The van der Waals surface area contributed by atoms with E-state index in [1.54, 1.807) is 0 Å². The lowest BCUT2D eigenvalue weighted by Gasteiger charge is -2.10. The van der Waals surface area contributed by atoms with E-state index in [9.17, 15) is 0 Å². The highest BCUT2D eigenvalue weighted by molar-refractivity contribution is 6.30. The number of para-hydroxylation sites is 1. The van der Waals surface area contributed by atoms with Gasteiger partial charge in [0.2, 0.25) is 5.88 Å². The summed E-state index contributed by atoms with van der Waals surface area (Å²) in [4.78, 5) is 0. The standard InChI is InChI=1S/C20H13ClN2O/c21-15-12-10-14(11-13-15)19-17-8-4-5-9-18(17)20(23-22-19)24-16-6-2-1-3-7-16/h1-13H. The summed E-state index contributed by atoms with van der Waals surface area (Å²) in [5, 5.41) is 11.3. The van der Waals surface area contributed by atoms with Crippen LogP contribution in [0, 0.1) is 0 Å². The fourth-order valence-corrected chi connectivity index (χ4v) is 2.70. The van der Waals surface area contributed by atoms with Crippen LogP contribution in [0.3, 0.4) is 0 Å². The van der Waals surface area contributed by atoms with Crippen LogP contribution in [-0.2, 0) is 0 Å². The molecule has 0 aliphatic rings. The number of halogens is 1. The van der Waals surface area contributed by atoms with Gasteiger partial charge in [-0.2, -0.15) is 0 Å². The van der Waals surface area contributed by atoms with Crippen LogP contribution in [0.4, 0.5) is 0 Å². The van der Waals surface area contributed by atoms with Crippen molar-refractivity contribution in [2.24, 2.45) is 0 Å². The highest BCUT2D eigenvalue weighted by Crippen LogP contribution is 2.33. The van der Waals surface area contributed by atoms with E-state index in [0.29, 0.717) is 10.9 Å². The summed E-state index contributed by atoms with van der Waals surface area (Å²) < 4.78 is 5.91. The molecule has 0 N–H and O–H groups in total. The van der Waals surface area contributed by atoms with Gasteiger partial charge in [-0.3, -0.25) is 0 Å². The van der Waals surface area contributed by atoms with Crippen molar-refractivity contribution in [3.63, 3.8) is 0 Å². The molecule has 0 aliphatic carbocycles. The third kappa shape index (κ3) is 2.82. The summed E-state index contributed by atoms with van der Waals surface area (Å²) in [7, 11) is 0. The molecule has 0 radical (unpaired) electrons. The average molecular weight is 333 g/mol. The van der Waals surface area contributed by atoms with Gasteiger partial charge in [0, 0.05) is 21.4 Å². The van der Waals surface area contributed by atoms with Crippen molar-refractivity contribution in [2.75, 3.05) is 0 Å². The summed E-state index contributed by atoms with van der Waals surface area (Å²) in [6.07, 6.45) is 0. The van der Waals surface area contributed by atoms with Gasteiger partial charge < -0.3 is 4.74 Å². The fourth-order valence-electron chi connectivity index (χ4n) is 2.58. The molecule has 4 rings (SSSR count). The van der Waals surface area contributed by atoms with E-state index < -0.39 is 0 Å². The molecule has 0 bridgehead atoms. The third-order valence-corrected chi connectivity index (χ3v) is 3.98.